The Kier molecular flexibility index (Phi) is 3.46. The maximum Gasteiger partial charge on any atom is 0.272 e. The van der Waals surface area contributed by atoms with E-state index in [2.05, 4.69) is 4.98 Å². The molecule has 2 fully saturated rings. The average molecular weight is 264 g/mol. The van der Waals surface area contributed by atoms with Gasteiger partial charge in [0, 0.05) is 25.1 Å². The Balaban J connectivity index is 1.73. The minimum absolute atomic E-state index is 0.158. The zero-order valence-electron chi connectivity index (χ0n) is 10.7. The Morgan fingerprint density at radius 3 is 2.89 bits per heavy atom. The van der Waals surface area contributed by atoms with Gasteiger partial charge >= 0.3 is 0 Å². The predicted octanol–water partition coefficient (Wildman–Crippen LogP) is 1.86. The number of carbonyl (C=O) groups excluding carboxylic acids is 1. The first-order valence-corrected chi connectivity index (χ1v) is 6.75. The number of nitrogens with zero attached hydrogens (tertiary/aromatic N) is 2. The lowest BCUT2D eigenvalue weighted by atomic mass is 10.1. The quantitative estimate of drug-likeness (QED) is 0.780. The van der Waals surface area contributed by atoms with Gasteiger partial charge in [0.1, 0.15) is 5.69 Å². The number of rotatable bonds is 4. The number of amides is 1. The summed E-state index contributed by atoms with van der Waals surface area (Å²) >= 11 is 0. The number of halogens is 1. The van der Waals surface area contributed by atoms with Crippen molar-refractivity contribution in [1.29, 1.82) is 0 Å². The molecule has 19 heavy (non-hydrogen) atoms. The van der Waals surface area contributed by atoms with Crippen molar-refractivity contribution >= 4 is 5.91 Å². The molecule has 1 saturated carbocycles. The van der Waals surface area contributed by atoms with Gasteiger partial charge in [0.15, 0.2) is 0 Å². The molecule has 0 radical (unpaired) electrons. The second kappa shape index (κ2) is 5.25. The molecule has 102 valence electrons. The lowest BCUT2D eigenvalue weighted by molar-refractivity contribution is 0.0699. The van der Waals surface area contributed by atoms with Gasteiger partial charge in [0.25, 0.3) is 5.91 Å². The second-order valence-electron chi connectivity index (χ2n) is 5.26. The number of hydrogen-bond donors (Lipinski definition) is 0. The van der Waals surface area contributed by atoms with Crippen LogP contribution in [0.25, 0.3) is 0 Å². The third-order valence-corrected chi connectivity index (χ3v) is 3.66. The van der Waals surface area contributed by atoms with E-state index in [9.17, 15) is 9.18 Å². The molecular weight excluding hydrogens is 247 g/mol. The molecule has 1 unspecified atom stereocenters. The highest BCUT2D eigenvalue weighted by Crippen LogP contribution is 2.30. The van der Waals surface area contributed by atoms with E-state index < -0.39 is 5.95 Å². The fraction of sp³-hybridized carbons (Fsp3) is 0.571. The molecule has 4 nitrogen and oxygen atoms in total. The van der Waals surface area contributed by atoms with Crippen LogP contribution in [0, 0.1) is 11.9 Å². The van der Waals surface area contributed by atoms with Crippen LogP contribution < -0.4 is 0 Å². The van der Waals surface area contributed by atoms with Crippen molar-refractivity contribution in [1.82, 2.24) is 9.88 Å². The van der Waals surface area contributed by atoms with Crippen LogP contribution in [-0.2, 0) is 4.74 Å². The van der Waals surface area contributed by atoms with Crippen molar-refractivity contribution in [3.8, 4) is 0 Å². The zero-order chi connectivity index (χ0) is 13.2. The summed E-state index contributed by atoms with van der Waals surface area (Å²) in [6.45, 7) is 2.18. The Bertz CT molecular complexity index is 470. The SMILES string of the molecule is O=C(c1cccc(F)n1)N(CC1CCOC1)C1CC1. The fourth-order valence-electron chi connectivity index (χ4n) is 2.46. The van der Waals surface area contributed by atoms with Crippen LogP contribution in [0.1, 0.15) is 29.8 Å². The molecule has 5 heteroatoms. The van der Waals surface area contributed by atoms with Crippen LogP contribution in [-0.4, -0.2) is 41.6 Å². The maximum absolute atomic E-state index is 13.1. The van der Waals surface area contributed by atoms with E-state index >= 15 is 0 Å². The van der Waals surface area contributed by atoms with E-state index in [1.807, 2.05) is 4.90 Å². The van der Waals surface area contributed by atoms with Gasteiger partial charge in [0.2, 0.25) is 5.95 Å². The first-order valence-electron chi connectivity index (χ1n) is 6.75. The van der Waals surface area contributed by atoms with Gasteiger partial charge in [-0.25, -0.2) is 4.98 Å². The highest BCUT2D eigenvalue weighted by atomic mass is 19.1. The minimum atomic E-state index is -0.606. The lowest BCUT2D eigenvalue weighted by Crippen LogP contribution is -2.38. The van der Waals surface area contributed by atoms with Crippen molar-refractivity contribution in [2.24, 2.45) is 5.92 Å². The molecule has 2 aliphatic rings. The van der Waals surface area contributed by atoms with Gasteiger partial charge in [-0.3, -0.25) is 4.79 Å². The van der Waals surface area contributed by atoms with Crippen molar-refractivity contribution in [2.45, 2.75) is 25.3 Å². The van der Waals surface area contributed by atoms with Crippen LogP contribution in [0.15, 0.2) is 18.2 Å². The zero-order valence-corrected chi connectivity index (χ0v) is 10.7. The Morgan fingerprint density at radius 1 is 1.42 bits per heavy atom. The molecule has 1 aliphatic carbocycles. The fourth-order valence-corrected chi connectivity index (χ4v) is 2.46. The third-order valence-electron chi connectivity index (χ3n) is 3.66. The summed E-state index contributed by atoms with van der Waals surface area (Å²) in [6, 6.07) is 4.66. The minimum Gasteiger partial charge on any atom is -0.381 e. The van der Waals surface area contributed by atoms with Gasteiger partial charge in [-0.15, -0.1) is 0 Å². The van der Waals surface area contributed by atoms with Crippen LogP contribution >= 0.6 is 0 Å². The first-order chi connectivity index (χ1) is 9.24. The van der Waals surface area contributed by atoms with Crippen LogP contribution in [0.4, 0.5) is 4.39 Å². The Morgan fingerprint density at radius 2 is 2.26 bits per heavy atom. The molecule has 3 rings (SSSR count). The number of carbonyl (C=O) groups is 1. The van der Waals surface area contributed by atoms with Gasteiger partial charge in [0.05, 0.1) is 6.61 Å². The van der Waals surface area contributed by atoms with Crippen molar-refractivity contribution < 1.29 is 13.9 Å². The molecule has 2 heterocycles. The molecule has 0 spiro atoms. The molecule has 1 aromatic rings. The highest BCUT2D eigenvalue weighted by molar-refractivity contribution is 5.92. The Hall–Kier alpha value is -1.49. The molecule has 0 N–H and O–H groups in total. The van der Waals surface area contributed by atoms with Gasteiger partial charge in [-0.2, -0.15) is 4.39 Å². The van der Waals surface area contributed by atoms with Crippen molar-refractivity contribution in [2.75, 3.05) is 19.8 Å². The Labute approximate surface area is 111 Å². The molecular formula is C14H17FN2O2. The monoisotopic (exact) mass is 264 g/mol. The normalized spacial score (nSPS) is 22.5. The smallest absolute Gasteiger partial charge is 0.272 e. The maximum atomic E-state index is 13.1. The second-order valence-corrected chi connectivity index (χ2v) is 5.26. The summed E-state index contributed by atoms with van der Waals surface area (Å²) in [5, 5.41) is 0. The summed E-state index contributed by atoms with van der Waals surface area (Å²) in [5.74, 6) is -0.363. The standard InChI is InChI=1S/C14H17FN2O2/c15-13-3-1-2-12(16-13)14(18)17(11-4-5-11)8-10-6-7-19-9-10/h1-3,10-11H,4-9H2. The molecule has 1 amide bonds. The molecule has 1 atom stereocenters. The van der Waals surface area contributed by atoms with E-state index in [4.69, 9.17) is 4.74 Å². The average Bonchev–Trinajstić information content (AvgIpc) is 3.12. The van der Waals surface area contributed by atoms with E-state index in [1.54, 1.807) is 6.07 Å². The van der Waals surface area contributed by atoms with Gasteiger partial charge in [-0.05, 0) is 31.4 Å². The molecule has 1 saturated heterocycles. The molecule has 0 aromatic carbocycles. The lowest BCUT2D eigenvalue weighted by Gasteiger charge is -2.24. The van der Waals surface area contributed by atoms with Crippen molar-refractivity contribution in [3.05, 3.63) is 29.8 Å². The summed E-state index contributed by atoms with van der Waals surface area (Å²) in [5.41, 5.74) is 0.200. The van der Waals surface area contributed by atoms with E-state index in [0.29, 0.717) is 25.1 Å². The van der Waals surface area contributed by atoms with Crippen LogP contribution in [0.2, 0.25) is 0 Å². The topological polar surface area (TPSA) is 42.4 Å². The number of pyridine rings is 1. The van der Waals surface area contributed by atoms with Gasteiger partial charge in [-0.1, -0.05) is 6.07 Å². The van der Waals surface area contributed by atoms with Crippen LogP contribution in [0.3, 0.4) is 0 Å². The molecule has 1 aromatic heterocycles. The number of aromatic nitrogens is 1. The predicted molar refractivity (Wildman–Crippen MR) is 67.2 cm³/mol. The number of hydrogen-bond acceptors (Lipinski definition) is 3. The van der Waals surface area contributed by atoms with E-state index in [0.717, 1.165) is 25.9 Å². The molecule has 1 aliphatic heterocycles. The van der Waals surface area contributed by atoms with Crippen LogP contribution in [0.5, 0.6) is 0 Å². The first kappa shape index (κ1) is 12.5. The highest BCUT2D eigenvalue weighted by Gasteiger charge is 2.35. The summed E-state index contributed by atoms with van der Waals surface area (Å²) in [4.78, 5) is 18.0. The van der Waals surface area contributed by atoms with Crippen molar-refractivity contribution in [3.63, 3.8) is 0 Å². The summed E-state index contributed by atoms with van der Waals surface area (Å²) in [6.07, 6.45) is 3.07. The van der Waals surface area contributed by atoms with Gasteiger partial charge < -0.3 is 9.64 Å². The summed E-state index contributed by atoms with van der Waals surface area (Å²) < 4.78 is 18.5. The number of ether oxygens (including phenoxy) is 1. The van der Waals surface area contributed by atoms with E-state index in [-0.39, 0.29) is 11.6 Å². The molecule has 0 bridgehead atoms. The van der Waals surface area contributed by atoms with E-state index in [1.165, 1.54) is 12.1 Å². The third kappa shape index (κ3) is 2.92. The summed E-state index contributed by atoms with van der Waals surface area (Å²) in [7, 11) is 0. The largest absolute Gasteiger partial charge is 0.381 e.